The summed E-state index contributed by atoms with van der Waals surface area (Å²) in [6, 6.07) is 15.7. The predicted molar refractivity (Wildman–Crippen MR) is 121 cm³/mol. The number of hydrogen-bond acceptors (Lipinski definition) is 3. The van der Waals surface area contributed by atoms with E-state index >= 15 is 0 Å². The van der Waals surface area contributed by atoms with Gasteiger partial charge in [-0.3, -0.25) is 9.59 Å². The molecule has 0 fully saturated rings. The minimum atomic E-state index is -4.84. The van der Waals surface area contributed by atoms with E-state index in [1.807, 2.05) is 0 Å². The van der Waals surface area contributed by atoms with E-state index in [1.165, 1.54) is 24.3 Å². The van der Waals surface area contributed by atoms with E-state index in [4.69, 9.17) is 11.6 Å². The van der Waals surface area contributed by atoms with Gasteiger partial charge in [0.2, 0.25) is 0 Å². The summed E-state index contributed by atoms with van der Waals surface area (Å²) in [4.78, 5) is 28.9. The van der Waals surface area contributed by atoms with Crippen molar-refractivity contribution >= 4 is 45.6 Å². The van der Waals surface area contributed by atoms with Crippen LogP contribution >= 0.6 is 11.6 Å². The van der Waals surface area contributed by atoms with Crippen molar-refractivity contribution in [2.75, 3.05) is 10.6 Å². The number of aromatic nitrogens is 1. The van der Waals surface area contributed by atoms with E-state index in [9.17, 15) is 27.2 Å². The number of hydrogen-bond donors (Lipinski definition) is 2. The van der Waals surface area contributed by atoms with E-state index in [1.54, 1.807) is 24.3 Å². The number of halogens is 5. The summed E-state index contributed by atoms with van der Waals surface area (Å²) in [7, 11) is 0. The zero-order valence-electron chi connectivity index (χ0n) is 17.1. The van der Waals surface area contributed by atoms with Crippen molar-refractivity contribution in [1.82, 2.24) is 4.98 Å². The number of carbonyl (C=O) groups excluding carboxylic acids is 2. The van der Waals surface area contributed by atoms with E-state index in [0.29, 0.717) is 16.8 Å². The molecular weight excluding hydrogens is 474 g/mol. The summed E-state index contributed by atoms with van der Waals surface area (Å²) in [5, 5.41) is 5.77. The normalized spacial score (nSPS) is 11.3. The molecule has 0 radical (unpaired) electrons. The van der Waals surface area contributed by atoms with Crippen LogP contribution in [0, 0.1) is 5.82 Å². The Morgan fingerprint density at radius 3 is 2.26 bits per heavy atom. The van der Waals surface area contributed by atoms with Gasteiger partial charge in [0, 0.05) is 16.6 Å². The number of rotatable bonds is 4. The second-order valence-electron chi connectivity index (χ2n) is 7.19. The molecule has 0 unspecified atom stereocenters. The van der Waals surface area contributed by atoms with Crippen molar-refractivity contribution < 1.29 is 27.2 Å². The van der Waals surface area contributed by atoms with Gasteiger partial charge in [-0.1, -0.05) is 35.9 Å². The van der Waals surface area contributed by atoms with Crippen LogP contribution in [-0.2, 0) is 6.18 Å². The Balaban J connectivity index is 1.61. The van der Waals surface area contributed by atoms with Gasteiger partial charge < -0.3 is 10.6 Å². The average molecular weight is 488 g/mol. The van der Waals surface area contributed by atoms with Crippen LogP contribution in [0.25, 0.3) is 10.8 Å². The van der Waals surface area contributed by atoms with Crippen molar-refractivity contribution in [2.24, 2.45) is 0 Å². The SMILES string of the molecule is O=C(Nc1ccc(NC(=O)c2cc3ccccc3c(Cl)n2)c(C(F)(F)F)c1)c1ccc(F)cc1. The second-order valence-corrected chi connectivity index (χ2v) is 7.55. The lowest BCUT2D eigenvalue weighted by Gasteiger charge is -2.16. The van der Waals surface area contributed by atoms with Gasteiger partial charge in [-0.05, 0) is 53.9 Å². The monoisotopic (exact) mass is 487 g/mol. The van der Waals surface area contributed by atoms with Crippen LogP contribution in [0.5, 0.6) is 0 Å². The van der Waals surface area contributed by atoms with Gasteiger partial charge in [-0.25, -0.2) is 9.37 Å². The molecule has 10 heteroatoms. The maximum absolute atomic E-state index is 13.7. The summed E-state index contributed by atoms with van der Waals surface area (Å²) in [5.74, 6) is -2.17. The fourth-order valence-corrected chi connectivity index (χ4v) is 3.49. The van der Waals surface area contributed by atoms with Gasteiger partial charge >= 0.3 is 6.18 Å². The first-order chi connectivity index (χ1) is 16.1. The van der Waals surface area contributed by atoms with Crippen LogP contribution in [0.3, 0.4) is 0 Å². The third kappa shape index (κ3) is 4.99. The summed E-state index contributed by atoms with van der Waals surface area (Å²) in [5.41, 5.74) is -1.96. The fraction of sp³-hybridized carbons (Fsp3) is 0.0417. The van der Waals surface area contributed by atoms with Gasteiger partial charge in [-0.2, -0.15) is 13.2 Å². The Labute approximate surface area is 195 Å². The number of benzene rings is 3. The number of nitrogens with zero attached hydrogens (tertiary/aromatic N) is 1. The Hall–Kier alpha value is -3.98. The number of fused-ring (bicyclic) bond motifs is 1. The van der Waals surface area contributed by atoms with Crippen LogP contribution in [0.2, 0.25) is 5.15 Å². The summed E-state index contributed by atoms with van der Waals surface area (Å²) in [6.07, 6.45) is -4.84. The first-order valence-electron chi connectivity index (χ1n) is 9.76. The molecule has 0 aliphatic heterocycles. The Bertz CT molecular complexity index is 1410. The van der Waals surface area contributed by atoms with Crippen LogP contribution in [-0.4, -0.2) is 16.8 Å². The van der Waals surface area contributed by atoms with Crippen molar-refractivity contribution in [1.29, 1.82) is 0 Å². The van der Waals surface area contributed by atoms with Crippen LogP contribution in [0.1, 0.15) is 26.4 Å². The molecule has 0 aliphatic rings. The zero-order valence-corrected chi connectivity index (χ0v) is 17.8. The molecule has 2 amide bonds. The topological polar surface area (TPSA) is 71.1 Å². The van der Waals surface area contributed by atoms with Crippen LogP contribution < -0.4 is 10.6 Å². The summed E-state index contributed by atoms with van der Waals surface area (Å²) >= 11 is 6.11. The summed E-state index contributed by atoms with van der Waals surface area (Å²) < 4.78 is 54.2. The van der Waals surface area contributed by atoms with Crippen LogP contribution in [0.15, 0.2) is 72.8 Å². The number of nitrogens with one attached hydrogen (secondary N) is 2. The van der Waals surface area contributed by atoms with Gasteiger partial charge in [0.1, 0.15) is 16.7 Å². The highest BCUT2D eigenvalue weighted by atomic mass is 35.5. The van der Waals surface area contributed by atoms with Crippen LogP contribution in [0.4, 0.5) is 28.9 Å². The lowest BCUT2D eigenvalue weighted by Crippen LogP contribution is -2.19. The molecule has 0 aliphatic carbocycles. The molecule has 172 valence electrons. The third-order valence-electron chi connectivity index (χ3n) is 4.86. The quantitative estimate of drug-likeness (QED) is 0.253. The number of carbonyl (C=O) groups is 2. The molecule has 0 atom stereocenters. The predicted octanol–water partition coefficient (Wildman–Crippen LogP) is 6.55. The third-order valence-corrected chi connectivity index (χ3v) is 5.15. The lowest BCUT2D eigenvalue weighted by molar-refractivity contribution is -0.136. The second kappa shape index (κ2) is 9.11. The molecule has 34 heavy (non-hydrogen) atoms. The molecule has 0 saturated carbocycles. The molecular formula is C24H14ClF4N3O2. The maximum atomic E-state index is 13.7. The molecule has 5 nitrogen and oxygen atoms in total. The minimum absolute atomic E-state index is 0.0400. The molecule has 1 aromatic heterocycles. The van der Waals surface area contributed by atoms with E-state index in [2.05, 4.69) is 15.6 Å². The van der Waals surface area contributed by atoms with Crippen molar-refractivity contribution in [3.05, 3.63) is 101 Å². The Morgan fingerprint density at radius 2 is 1.56 bits per heavy atom. The highest BCUT2D eigenvalue weighted by Crippen LogP contribution is 2.37. The van der Waals surface area contributed by atoms with E-state index in [0.717, 1.165) is 18.2 Å². The highest BCUT2D eigenvalue weighted by molar-refractivity contribution is 6.34. The van der Waals surface area contributed by atoms with E-state index < -0.39 is 35.1 Å². The number of anilines is 2. The molecule has 3 aromatic carbocycles. The zero-order chi connectivity index (χ0) is 24.5. The largest absolute Gasteiger partial charge is 0.418 e. The lowest BCUT2D eigenvalue weighted by atomic mass is 10.1. The standard InChI is InChI=1S/C24H14ClF4N3O2/c25-21-17-4-2-1-3-14(17)11-20(31-21)23(34)32-19-10-9-16(12-18(19)24(27,28)29)30-22(33)13-5-7-15(26)8-6-13/h1-12H,(H,30,33)(H,32,34). The Morgan fingerprint density at radius 1 is 0.853 bits per heavy atom. The molecule has 4 rings (SSSR count). The average Bonchev–Trinajstić information content (AvgIpc) is 2.79. The first kappa shape index (κ1) is 23.2. The minimum Gasteiger partial charge on any atom is -0.322 e. The number of amides is 2. The molecule has 0 bridgehead atoms. The smallest absolute Gasteiger partial charge is 0.322 e. The molecule has 0 spiro atoms. The van der Waals surface area contributed by atoms with Gasteiger partial charge in [0.15, 0.2) is 0 Å². The molecule has 2 N–H and O–H groups in total. The number of alkyl halides is 3. The van der Waals surface area contributed by atoms with E-state index in [-0.39, 0.29) is 22.1 Å². The van der Waals surface area contributed by atoms with Gasteiger partial charge in [0.05, 0.1) is 11.3 Å². The van der Waals surface area contributed by atoms with Crippen molar-refractivity contribution in [2.45, 2.75) is 6.18 Å². The first-order valence-corrected chi connectivity index (χ1v) is 10.1. The van der Waals surface area contributed by atoms with Gasteiger partial charge in [-0.15, -0.1) is 0 Å². The molecule has 0 saturated heterocycles. The van der Waals surface area contributed by atoms with Crippen molar-refractivity contribution in [3.63, 3.8) is 0 Å². The highest BCUT2D eigenvalue weighted by Gasteiger charge is 2.34. The van der Waals surface area contributed by atoms with Gasteiger partial charge in [0.25, 0.3) is 11.8 Å². The molecule has 4 aromatic rings. The maximum Gasteiger partial charge on any atom is 0.418 e. The Kier molecular flexibility index (Phi) is 6.21. The number of pyridine rings is 1. The molecule has 1 heterocycles. The fourth-order valence-electron chi connectivity index (χ4n) is 3.23. The van der Waals surface area contributed by atoms with Crippen molar-refractivity contribution in [3.8, 4) is 0 Å². The summed E-state index contributed by atoms with van der Waals surface area (Å²) in [6.45, 7) is 0.